The standard InChI is InChI=1S/C25H31FN2O2/c1-18-7-9-20(10-8-18)13-16-24(29)28(17-21-11-14-22(26)15-12-21)19(2)25(30)27-23-5-3-4-6-23/h7-12,14-15,19,23H,3-6,13,16-17H2,1-2H3,(H,27,30)/t19-/m0/s1. The molecule has 2 amide bonds. The van der Waals surface area contributed by atoms with Crippen molar-refractivity contribution < 1.29 is 14.0 Å². The number of nitrogens with zero attached hydrogens (tertiary/aromatic N) is 1. The molecule has 2 aromatic carbocycles. The number of benzene rings is 2. The van der Waals surface area contributed by atoms with Crippen LogP contribution < -0.4 is 5.32 Å². The van der Waals surface area contributed by atoms with Gasteiger partial charge in [-0.3, -0.25) is 9.59 Å². The van der Waals surface area contributed by atoms with E-state index < -0.39 is 6.04 Å². The molecule has 0 heterocycles. The molecule has 2 aromatic rings. The number of halogens is 1. The third-order valence-electron chi connectivity index (χ3n) is 5.88. The second-order valence-corrected chi connectivity index (χ2v) is 8.30. The zero-order valence-corrected chi connectivity index (χ0v) is 17.9. The highest BCUT2D eigenvalue weighted by atomic mass is 19.1. The van der Waals surface area contributed by atoms with Crippen LogP contribution in [0.4, 0.5) is 4.39 Å². The molecular formula is C25H31FN2O2. The van der Waals surface area contributed by atoms with E-state index >= 15 is 0 Å². The van der Waals surface area contributed by atoms with E-state index in [0.29, 0.717) is 12.8 Å². The Kier molecular flexibility index (Phi) is 7.61. The summed E-state index contributed by atoms with van der Waals surface area (Å²) in [6, 6.07) is 13.8. The van der Waals surface area contributed by atoms with Gasteiger partial charge in [-0.2, -0.15) is 0 Å². The van der Waals surface area contributed by atoms with E-state index in [9.17, 15) is 14.0 Å². The minimum Gasteiger partial charge on any atom is -0.352 e. The van der Waals surface area contributed by atoms with Crippen LogP contribution in [0.25, 0.3) is 0 Å². The largest absolute Gasteiger partial charge is 0.352 e. The summed E-state index contributed by atoms with van der Waals surface area (Å²) in [6.45, 7) is 4.09. The van der Waals surface area contributed by atoms with Gasteiger partial charge in [0.2, 0.25) is 11.8 Å². The second-order valence-electron chi connectivity index (χ2n) is 8.30. The molecule has 0 spiro atoms. The molecule has 1 N–H and O–H groups in total. The number of hydrogen-bond acceptors (Lipinski definition) is 2. The Hall–Kier alpha value is -2.69. The monoisotopic (exact) mass is 410 g/mol. The van der Waals surface area contributed by atoms with Gasteiger partial charge in [0.1, 0.15) is 11.9 Å². The Morgan fingerprint density at radius 2 is 1.63 bits per heavy atom. The summed E-state index contributed by atoms with van der Waals surface area (Å²) in [7, 11) is 0. The van der Waals surface area contributed by atoms with Gasteiger partial charge >= 0.3 is 0 Å². The van der Waals surface area contributed by atoms with Crippen molar-refractivity contribution in [2.75, 3.05) is 0 Å². The summed E-state index contributed by atoms with van der Waals surface area (Å²) >= 11 is 0. The van der Waals surface area contributed by atoms with Gasteiger partial charge in [-0.25, -0.2) is 4.39 Å². The van der Waals surface area contributed by atoms with Gasteiger partial charge in [-0.15, -0.1) is 0 Å². The quantitative estimate of drug-likeness (QED) is 0.694. The van der Waals surface area contributed by atoms with Crippen molar-refractivity contribution in [2.45, 2.75) is 71.0 Å². The number of carbonyl (C=O) groups is 2. The van der Waals surface area contributed by atoms with Crippen molar-refractivity contribution in [2.24, 2.45) is 0 Å². The molecule has 0 saturated heterocycles. The van der Waals surface area contributed by atoms with Gasteiger partial charge in [0.05, 0.1) is 0 Å². The van der Waals surface area contributed by atoms with E-state index in [0.717, 1.165) is 36.8 Å². The van der Waals surface area contributed by atoms with Crippen LogP contribution in [0.3, 0.4) is 0 Å². The maximum absolute atomic E-state index is 13.3. The van der Waals surface area contributed by atoms with Gasteiger partial charge in [0.25, 0.3) is 0 Å². The van der Waals surface area contributed by atoms with Gasteiger partial charge in [-0.05, 0) is 56.4 Å². The molecule has 30 heavy (non-hydrogen) atoms. The minimum atomic E-state index is -0.582. The van der Waals surface area contributed by atoms with Crippen molar-refractivity contribution in [1.29, 1.82) is 0 Å². The van der Waals surface area contributed by atoms with Crippen LogP contribution in [0, 0.1) is 12.7 Å². The lowest BCUT2D eigenvalue weighted by molar-refractivity contribution is -0.140. The maximum Gasteiger partial charge on any atom is 0.242 e. The van der Waals surface area contributed by atoms with Crippen LogP contribution in [0.1, 0.15) is 55.7 Å². The number of aryl methyl sites for hydroxylation is 2. The van der Waals surface area contributed by atoms with Crippen molar-refractivity contribution in [3.05, 3.63) is 71.0 Å². The third-order valence-corrected chi connectivity index (χ3v) is 5.88. The van der Waals surface area contributed by atoms with Crippen molar-refractivity contribution in [3.63, 3.8) is 0 Å². The highest BCUT2D eigenvalue weighted by molar-refractivity contribution is 5.87. The van der Waals surface area contributed by atoms with E-state index in [1.54, 1.807) is 24.0 Å². The third kappa shape index (κ3) is 6.15. The first-order chi connectivity index (χ1) is 14.4. The van der Waals surface area contributed by atoms with E-state index in [1.165, 1.54) is 17.7 Å². The summed E-state index contributed by atoms with van der Waals surface area (Å²) in [5, 5.41) is 3.10. The molecule has 0 radical (unpaired) electrons. The Balaban J connectivity index is 1.69. The molecule has 0 aromatic heterocycles. The van der Waals surface area contributed by atoms with E-state index in [1.807, 2.05) is 31.2 Å². The molecule has 0 aliphatic heterocycles. The topological polar surface area (TPSA) is 49.4 Å². The minimum absolute atomic E-state index is 0.0750. The zero-order valence-electron chi connectivity index (χ0n) is 17.9. The fourth-order valence-electron chi connectivity index (χ4n) is 3.91. The van der Waals surface area contributed by atoms with E-state index in [4.69, 9.17) is 0 Å². The lowest BCUT2D eigenvalue weighted by atomic mass is 10.1. The Bertz CT molecular complexity index is 842. The van der Waals surface area contributed by atoms with E-state index in [-0.39, 0.29) is 30.2 Å². The average Bonchev–Trinajstić information content (AvgIpc) is 3.25. The molecule has 0 unspecified atom stereocenters. The Morgan fingerprint density at radius 1 is 1.03 bits per heavy atom. The van der Waals surface area contributed by atoms with Gasteiger partial charge in [0, 0.05) is 19.0 Å². The predicted octanol–water partition coefficient (Wildman–Crippen LogP) is 4.54. The molecule has 1 fully saturated rings. The first-order valence-corrected chi connectivity index (χ1v) is 10.8. The summed E-state index contributed by atoms with van der Waals surface area (Å²) < 4.78 is 13.3. The van der Waals surface area contributed by atoms with Crippen molar-refractivity contribution in [1.82, 2.24) is 10.2 Å². The molecule has 1 aliphatic rings. The number of hydrogen-bond donors (Lipinski definition) is 1. The molecule has 5 heteroatoms. The lowest BCUT2D eigenvalue weighted by Gasteiger charge is -2.30. The molecule has 0 bridgehead atoms. The maximum atomic E-state index is 13.3. The Labute approximate surface area is 178 Å². The molecule has 3 rings (SSSR count). The van der Waals surface area contributed by atoms with Crippen LogP contribution in [0.5, 0.6) is 0 Å². The van der Waals surface area contributed by atoms with Crippen LogP contribution in [-0.4, -0.2) is 28.8 Å². The number of carbonyl (C=O) groups excluding carboxylic acids is 2. The summed E-state index contributed by atoms with van der Waals surface area (Å²) in [4.78, 5) is 27.6. The fraction of sp³-hybridized carbons (Fsp3) is 0.440. The first-order valence-electron chi connectivity index (χ1n) is 10.8. The number of nitrogens with one attached hydrogen (secondary N) is 1. The van der Waals surface area contributed by atoms with E-state index in [2.05, 4.69) is 5.32 Å². The van der Waals surface area contributed by atoms with Crippen molar-refractivity contribution >= 4 is 11.8 Å². The molecule has 4 nitrogen and oxygen atoms in total. The second kappa shape index (κ2) is 10.4. The molecule has 1 aliphatic carbocycles. The molecular weight excluding hydrogens is 379 g/mol. The Morgan fingerprint density at radius 3 is 2.27 bits per heavy atom. The summed E-state index contributed by atoms with van der Waals surface area (Å²) in [5.74, 6) is -0.510. The van der Waals surface area contributed by atoms with Crippen LogP contribution in [0.15, 0.2) is 48.5 Å². The molecule has 1 saturated carbocycles. The SMILES string of the molecule is Cc1ccc(CCC(=O)N(Cc2ccc(F)cc2)[C@@H](C)C(=O)NC2CCCC2)cc1. The molecule has 160 valence electrons. The lowest BCUT2D eigenvalue weighted by Crippen LogP contribution is -2.49. The van der Waals surface area contributed by atoms with Gasteiger partial charge < -0.3 is 10.2 Å². The van der Waals surface area contributed by atoms with Gasteiger partial charge in [-0.1, -0.05) is 54.8 Å². The normalized spacial score (nSPS) is 15.0. The summed E-state index contributed by atoms with van der Waals surface area (Å²) in [5.41, 5.74) is 3.08. The van der Waals surface area contributed by atoms with Crippen molar-refractivity contribution in [3.8, 4) is 0 Å². The van der Waals surface area contributed by atoms with Crippen LogP contribution in [0.2, 0.25) is 0 Å². The number of rotatable bonds is 8. The molecule has 1 atom stereocenters. The zero-order chi connectivity index (χ0) is 21.5. The number of amides is 2. The fourth-order valence-corrected chi connectivity index (χ4v) is 3.91. The highest BCUT2D eigenvalue weighted by Gasteiger charge is 2.28. The highest BCUT2D eigenvalue weighted by Crippen LogP contribution is 2.19. The first kappa shape index (κ1) is 22.0. The van der Waals surface area contributed by atoms with Crippen LogP contribution in [-0.2, 0) is 22.6 Å². The predicted molar refractivity (Wildman–Crippen MR) is 116 cm³/mol. The average molecular weight is 411 g/mol. The van der Waals surface area contributed by atoms with Gasteiger partial charge in [0.15, 0.2) is 0 Å². The smallest absolute Gasteiger partial charge is 0.242 e. The van der Waals surface area contributed by atoms with Crippen LogP contribution >= 0.6 is 0 Å². The summed E-state index contributed by atoms with van der Waals surface area (Å²) in [6.07, 6.45) is 5.21.